The Morgan fingerprint density at radius 2 is 2.13 bits per heavy atom. The van der Waals surface area contributed by atoms with E-state index in [1.807, 2.05) is 6.08 Å². The molecule has 1 aliphatic rings. The van der Waals surface area contributed by atoms with Crippen molar-refractivity contribution in [3.8, 4) is 0 Å². The van der Waals surface area contributed by atoms with E-state index in [9.17, 15) is 4.79 Å². The van der Waals surface area contributed by atoms with E-state index in [1.54, 1.807) is 6.92 Å². The monoisotopic (exact) mass is 208 g/mol. The molecule has 2 atom stereocenters. The molecule has 0 N–H and O–H groups in total. The molecule has 0 saturated heterocycles. The lowest BCUT2D eigenvalue weighted by atomic mass is 9.84. The average Bonchev–Trinajstić information content (AvgIpc) is 2.21. The van der Waals surface area contributed by atoms with Crippen molar-refractivity contribution in [1.82, 2.24) is 0 Å². The molecule has 0 spiro atoms. The smallest absolute Gasteiger partial charge is 0.333 e. The minimum absolute atomic E-state index is 0.0703. The number of ether oxygens (including phenoxy) is 1. The van der Waals surface area contributed by atoms with Gasteiger partial charge in [0.1, 0.15) is 6.10 Å². The van der Waals surface area contributed by atoms with Crippen LogP contribution in [0.3, 0.4) is 0 Å². The molecule has 0 amide bonds. The highest BCUT2D eigenvalue weighted by Gasteiger charge is 2.27. The van der Waals surface area contributed by atoms with Crippen LogP contribution in [-0.2, 0) is 9.53 Å². The van der Waals surface area contributed by atoms with Crippen molar-refractivity contribution >= 4 is 5.97 Å². The number of esters is 1. The van der Waals surface area contributed by atoms with Gasteiger partial charge in [-0.25, -0.2) is 4.79 Å². The van der Waals surface area contributed by atoms with Crippen molar-refractivity contribution < 1.29 is 9.53 Å². The minimum Gasteiger partial charge on any atom is -0.459 e. The normalized spacial score (nSPS) is 25.7. The standard InChI is InChI=1S/C13H20O2/c1-4-7-11-8-5-6-9-12(11)15-13(14)10(2)3/h4,11-12H,1-2,5-9H2,3H3. The lowest BCUT2D eigenvalue weighted by Gasteiger charge is -2.30. The third-order valence-electron chi connectivity index (χ3n) is 2.92. The molecule has 1 fully saturated rings. The van der Waals surface area contributed by atoms with Gasteiger partial charge >= 0.3 is 5.97 Å². The predicted molar refractivity (Wildman–Crippen MR) is 61.5 cm³/mol. The largest absolute Gasteiger partial charge is 0.459 e. The Labute approximate surface area is 92.0 Å². The second kappa shape index (κ2) is 5.74. The van der Waals surface area contributed by atoms with Crippen LogP contribution in [0.5, 0.6) is 0 Å². The first kappa shape index (κ1) is 12.0. The van der Waals surface area contributed by atoms with Crippen molar-refractivity contribution in [2.75, 3.05) is 0 Å². The summed E-state index contributed by atoms with van der Waals surface area (Å²) in [6.45, 7) is 9.03. The molecular weight excluding hydrogens is 188 g/mol. The van der Waals surface area contributed by atoms with E-state index in [1.165, 1.54) is 6.42 Å². The molecular formula is C13H20O2. The molecule has 0 heterocycles. The second-order valence-electron chi connectivity index (χ2n) is 4.29. The Kier molecular flexibility index (Phi) is 4.60. The molecule has 2 heteroatoms. The highest BCUT2D eigenvalue weighted by atomic mass is 16.5. The molecule has 1 rings (SSSR count). The number of carbonyl (C=O) groups excluding carboxylic acids is 1. The molecule has 0 radical (unpaired) electrons. The van der Waals surface area contributed by atoms with Crippen molar-refractivity contribution in [3.05, 3.63) is 24.8 Å². The van der Waals surface area contributed by atoms with E-state index < -0.39 is 0 Å². The molecule has 2 nitrogen and oxygen atoms in total. The number of carbonyl (C=O) groups is 1. The first-order valence-corrected chi connectivity index (χ1v) is 5.62. The summed E-state index contributed by atoms with van der Waals surface area (Å²) in [7, 11) is 0. The fourth-order valence-corrected chi connectivity index (χ4v) is 2.05. The highest BCUT2D eigenvalue weighted by Crippen LogP contribution is 2.29. The van der Waals surface area contributed by atoms with Crippen LogP contribution in [-0.4, -0.2) is 12.1 Å². The van der Waals surface area contributed by atoms with Gasteiger partial charge in [-0.05, 0) is 38.5 Å². The van der Waals surface area contributed by atoms with Crippen LogP contribution >= 0.6 is 0 Å². The maximum Gasteiger partial charge on any atom is 0.333 e. The topological polar surface area (TPSA) is 26.3 Å². The molecule has 0 bridgehead atoms. The number of allylic oxidation sites excluding steroid dienone is 1. The van der Waals surface area contributed by atoms with Crippen LogP contribution in [0.2, 0.25) is 0 Å². The molecule has 1 saturated carbocycles. The van der Waals surface area contributed by atoms with Gasteiger partial charge in [0.05, 0.1) is 0 Å². The molecule has 15 heavy (non-hydrogen) atoms. The van der Waals surface area contributed by atoms with Crippen molar-refractivity contribution in [2.24, 2.45) is 5.92 Å². The third kappa shape index (κ3) is 3.54. The van der Waals surface area contributed by atoms with Crippen molar-refractivity contribution in [2.45, 2.75) is 45.1 Å². The molecule has 0 aromatic rings. The van der Waals surface area contributed by atoms with E-state index >= 15 is 0 Å². The summed E-state index contributed by atoms with van der Waals surface area (Å²) >= 11 is 0. The zero-order valence-corrected chi connectivity index (χ0v) is 9.50. The number of rotatable bonds is 4. The van der Waals surface area contributed by atoms with Gasteiger partial charge in [0, 0.05) is 5.57 Å². The first-order chi connectivity index (χ1) is 7.15. The van der Waals surface area contributed by atoms with Crippen LogP contribution in [0.1, 0.15) is 39.0 Å². The molecule has 84 valence electrons. The average molecular weight is 208 g/mol. The summed E-state index contributed by atoms with van der Waals surface area (Å²) in [6, 6.07) is 0. The Morgan fingerprint density at radius 1 is 1.47 bits per heavy atom. The third-order valence-corrected chi connectivity index (χ3v) is 2.92. The van der Waals surface area contributed by atoms with Gasteiger partial charge in [-0.3, -0.25) is 0 Å². The van der Waals surface area contributed by atoms with Crippen LogP contribution in [0.25, 0.3) is 0 Å². The van der Waals surface area contributed by atoms with Gasteiger partial charge < -0.3 is 4.74 Å². The number of hydrogen-bond acceptors (Lipinski definition) is 2. The fraction of sp³-hybridized carbons (Fsp3) is 0.615. The van der Waals surface area contributed by atoms with Gasteiger partial charge in [0.25, 0.3) is 0 Å². The molecule has 1 aliphatic carbocycles. The minimum atomic E-state index is -0.254. The quantitative estimate of drug-likeness (QED) is 0.403. The van der Waals surface area contributed by atoms with Gasteiger partial charge in [-0.1, -0.05) is 19.1 Å². The van der Waals surface area contributed by atoms with Crippen molar-refractivity contribution in [1.29, 1.82) is 0 Å². The zero-order valence-electron chi connectivity index (χ0n) is 9.50. The van der Waals surface area contributed by atoms with Crippen LogP contribution in [0, 0.1) is 5.92 Å². The fourth-order valence-electron chi connectivity index (χ4n) is 2.05. The SMILES string of the molecule is C=CCC1CCCCC1OC(=O)C(=C)C. The second-order valence-corrected chi connectivity index (χ2v) is 4.29. The summed E-state index contributed by atoms with van der Waals surface area (Å²) in [5.74, 6) is 0.204. The maximum atomic E-state index is 11.4. The van der Waals surface area contributed by atoms with E-state index in [4.69, 9.17) is 4.74 Å². The van der Waals surface area contributed by atoms with E-state index in [2.05, 4.69) is 13.2 Å². The lowest BCUT2D eigenvalue weighted by molar-refractivity contribution is -0.148. The Bertz CT molecular complexity index is 255. The molecule has 2 unspecified atom stereocenters. The highest BCUT2D eigenvalue weighted by molar-refractivity contribution is 5.87. The molecule has 0 aromatic carbocycles. The summed E-state index contributed by atoms with van der Waals surface area (Å²) in [5.41, 5.74) is 0.484. The van der Waals surface area contributed by atoms with Crippen LogP contribution in [0.15, 0.2) is 24.8 Å². The lowest BCUT2D eigenvalue weighted by Crippen LogP contribution is -2.30. The first-order valence-electron chi connectivity index (χ1n) is 5.62. The number of hydrogen-bond donors (Lipinski definition) is 0. The summed E-state index contributed by atoms with van der Waals surface area (Å²) in [5, 5.41) is 0. The summed E-state index contributed by atoms with van der Waals surface area (Å²) < 4.78 is 5.43. The van der Waals surface area contributed by atoms with E-state index in [-0.39, 0.29) is 12.1 Å². The molecule has 0 aliphatic heterocycles. The van der Waals surface area contributed by atoms with Crippen molar-refractivity contribution in [3.63, 3.8) is 0 Å². The maximum absolute atomic E-state index is 11.4. The van der Waals surface area contributed by atoms with Gasteiger partial charge in [0.15, 0.2) is 0 Å². The van der Waals surface area contributed by atoms with E-state index in [0.29, 0.717) is 11.5 Å². The Morgan fingerprint density at radius 3 is 2.73 bits per heavy atom. The van der Waals surface area contributed by atoms with Crippen LogP contribution in [0.4, 0.5) is 0 Å². The van der Waals surface area contributed by atoms with Gasteiger partial charge in [-0.15, -0.1) is 6.58 Å². The summed E-state index contributed by atoms with van der Waals surface area (Å²) in [6.07, 6.45) is 7.44. The van der Waals surface area contributed by atoms with E-state index in [0.717, 1.165) is 25.7 Å². The van der Waals surface area contributed by atoms with Gasteiger partial charge in [-0.2, -0.15) is 0 Å². The predicted octanol–water partition coefficient (Wildman–Crippen LogP) is 3.24. The summed E-state index contributed by atoms with van der Waals surface area (Å²) in [4.78, 5) is 11.4. The zero-order chi connectivity index (χ0) is 11.3. The van der Waals surface area contributed by atoms with Gasteiger partial charge in [0.2, 0.25) is 0 Å². The Balaban J connectivity index is 2.52. The molecule has 0 aromatic heterocycles. The Hall–Kier alpha value is -1.05. The van der Waals surface area contributed by atoms with Crippen LogP contribution < -0.4 is 0 Å².